The largest absolute Gasteiger partial charge is 0.461 e. The smallest absolute Gasteiger partial charge is 0.417 e. The highest BCUT2D eigenvalue weighted by Gasteiger charge is 2.49. The van der Waals surface area contributed by atoms with Crippen molar-refractivity contribution in [1.29, 1.82) is 5.26 Å². The predicted octanol–water partition coefficient (Wildman–Crippen LogP) is 6.87. The van der Waals surface area contributed by atoms with Gasteiger partial charge in [-0.25, -0.2) is 18.2 Å². The zero-order chi connectivity index (χ0) is 32.5. The van der Waals surface area contributed by atoms with Gasteiger partial charge in [-0.15, -0.1) is 0 Å². The highest BCUT2D eigenvalue weighted by molar-refractivity contribution is 7.22. The lowest BCUT2D eigenvalue weighted by Crippen LogP contribution is -2.44. The summed E-state index contributed by atoms with van der Waals surface area (Å²) in [5, 5.41) is 9.21. The minimum atomic E-state index is -5.03. The van der Waals surface area contributed by atoms with Gasteiger partial charge in [-0.3, -0.25) is 4.90 Å². The Morgan fingerprint density at radius 1 is 1.17 bits per heavy atom. The molecule has 46 heavy (non-hydrogen) atoms. The Morgan fingerprint density at radius 2 is 1.98 bits per heavy atom. The maximum Gasteiger partial charge on any atom is 0.417 e. The summed E-state index contributed by atoms with van der Waals surface area (Å²) < 4.78 is 96.1. The van der Waals surface area contributed by atoms with Gasteiger partial charge < -0.3 is 15.4 Å². The van der Waals surface area contributed by atoms with Gasteiger partial charge in [0.25, 0.3) is 0 Å². The third kappa shape index (κ3) is 5.06. The molecule has 0 spiro atoms. The van der Waals surface area contributed by atoms with Gasteiger partial charge >= 0.3 is 12.2 Å². The standard InChI is InChI=1S/C31H29F6N7OS/c1-15-9-16(12-38)5-8-44(15)27-19-10-20(31(35,36)37)22(18-3-4-21(33)26-25(18)40-28(39)46-26)23(34)24(19)41-29(42-27)45-14-30-6-2-7-43(30)13-17(32)11-30/h3-4,10,15-17H,2,5-9,11,13-14H2,1H3,(H2,39,40)/t15-,16+,17+,30-/m0/s1. The average Bonchev–Trinajstić information content (AvgIpc) is 3.67. The van der Waals surface area contributed by atoms with E-state index in [2.05, 4.69) is 21.0 Å². The number of halogens is 6. The van der Waals surface area contributed by atoms with Crippen molar-refractivity contribution < 1.29 is 31.1 Å². The molecule has 3 saturated heterocycles. The van der Waals surface area contributed by atoms with Crippen LogP contribution in [0.3, 0.4) is 0 Å². The molecule has 242 valence electrons. The van der Waals surface area contributed by atoms with Crippen LogP contribution in [0.15, 0.2) is 18.2 Å². The number of piperidine rings is 1. The van der Waals surface area contributed by atoms with Crippen molar-refractivity contribution in [2.24, 2.45) is 5.92 Å². The van der Waals surface area contributed by atoms with Gasteiger partial charge in [0.1, 0.15) is 29.9 Å². The molecule has 2 N–H and O–H groups in total. The van der Waals surface area contributed by atoms with Crippen LogP contribution in [-0.2, 0) is 6.18 Å². The summed E-state index contributed by atoms with van der Waals surface area (Å²) in [5.41, 5.74) is 2.13. The van der Waals surface area contributed by atoms with E-state index in [4.69, 9.17) is 10.5 Å². The van der Waals surface area contributed by atoms with E-state index in [0.717, 1.165) is 36.0 Å². The monoisotopic (exact) mass is 661 g/mol. The molecule has 0 amide bonds. The van der Waals surface area contributed by atoms with E-state index in [1.165, 1.54) is 0 Å². The number of fused-ring (bicyclic) bond motifs is 3. The molecule has 7 rings (SSSR count). The number of ether oxygens (including phenoxy) is 1. The number of rotatable bonds is 5. The number of hydrogen-bond donors (Lipinski definition) is 1. The van der Waals surface area contributed by atoms with Crippen LogP contribution in [-0.4, -0.2) is 63.8 Å². The number of thiazole rings is 1. The van der Waals surface area contributed by atoms with Crippen molar-refractivity contribution in [3.8, 4) is 23.2 Å². The van der Waals surface area contributed by atoms with Gasteiger partial charge in [-0.05, 0) is 57.4 Å². The molecule has 0 aliphatic carbocycles. The number of benzene rings is 2. The van der Waals surface area contributed by atoms with Crippen molar-refractivity contribution in [3.05, 3.63) is 35.4 Å². The number of anilines is 2. The topological polar surface area (TPSA) is 104 Å². The summed E-state index contributed by atoms with van der Waals surface area (Å²) in [5.74, 6) is -2.26. The zero-order valence-electron chi connectivity index (χ0n) is 24.7. The SMILES string of the molecule is C[C@H]1C[C@H](C#N)CCN1c1nc(OC[C@@]23CCCN2C[C@H](F)C3)nc2c(F)c(-c3ccc(F)c4sc(N)nc34)c(C(F)(F)F)cc12. The first-order valence-corrected chi connectivity index (χ1v) is 15.8. The van der Waals surface area contributed by atoms with Crippen molar-refractivity contribution >= 4 is 43.4 Å². The van der Waals surface area contributed by atoms with Crippen LogP contribution in [0.4, 0.5) is 37.3 Å². The van der Waals surface area contributed by atoms with E-state index in [1.54, 1.807) is 4.90 Å². The Morgan fingerprint density at radius 3 is 2.72 bits per heavy atom. The van der Waals surface area contributed by atoms with Crippen molar-refractivity contribution in [3.63, 3.8) is 0 Å². The molecule has 3 aliphatic rings. The molecule has 15 heteroatoms. The predicted molar refractivity (Wildman–Crippen MR) is 161 cm³/mol. The van der Waals surface area contributed by atoms with E-state index < -0.39 is 46.2 Å². The third-order valence-electron chi connectivity index (χ3n) is 9.54. The molecular weight excluding hydrogens is 632 g/mol. The average molecular weight is 662 g/mol. The Bertz CT molecular complexity index is 1890. The summed E-state index contributed by atoms with van der Waals surface area (Å²) in [7, 11) is 0. The first kappa shape index (κ1) is 30.7. The van der Waals surface area contributed by atoms with Crippen LogP contribution in [0.1, 0.15) is 44.6 Å². The number of nitrogens with two attached hydrogens (primary N) is 1. The summed E-state index contributed by atoms with van der Waals surface area (Å²) in [6.07, 6.45) is -3.38. The molecule has 4 atom stereocenters. The highest BCUT2D eigenvalue weighted by atomic mass is 32.1. The molecule has 2 aromatic carbocycles. The summed E-state index contributed by atoms with van der Waals surface area (Å²) >= 11 is 0.744. The molecule has 0 radical (unpaired) electrons. The number of aromatic nitrogens is 3. The van der Waals surface area contributed by atoms with E-state index in [-0.39, 0.29) is 76.2 Å². The maximum absolute atomic E-state index is 16.8. The summed E-state index contributed by atoms with van der Waals surface area (Å²) in [6, 6.07) is 4.48. The van der Waals surface area contributed by atoms with Crippen molar-refractivity contribution in [2.45, 2.75) is 63.0 Å². The van der Waals surface area contributed by atoms with Crippen LogP contribution in [0, 0.1) is 28.9 Å². The molecule has 8 nitrogen and oxygen atoms in total. The van der Waals surface area contributed by atoms with Crippen LogP contribution in [0.2, 0.25) is 0 Å². The molecular formula is C31H29F6N7OS. The quantitative estimate of drug-likeness (QED) is 0.231. The van der Waals surface area contributed by atoms with Gasteiger partial charge in [0.15, 0.2) is 10.9 Å². The molecule has 0 saturated carbocycles. The second-order valence-electron chi connectivity index (χ2n) is 12.4. The van der Waals surface area contributed by atoms with Gasteiger partial charge in [0, 0.05) is 48.0 Å². The van der Waals surface area contributed by atoms with E-state index in [1.807, 2.05) is 11.8 Å². The van der Waals surface area contributed by atoms with Crippen LogP contribution in [0.25, 0.3) is 32.2 Å². The number of nitrogens with zero attached hydrogens (tertiary/aromatic N) is 6. The molecule has 3 aliphatic heterocycles. The van der Waals surface area contributed by atoms with E-state index in [0.29, 0.717) is 25.8 Å². The Labute approximate surface area is 263 Å². The fourth-order valence-electron chi connectivity index (χ4n) is 7.41. The molecule has 0 unspecified atom stereocenters. The number of nitriles is 1. The Balaban J connectivity index is 1.43. The molecule has 3 fully saturated rings. The number of alkyl halides is 4. The van der Waals surface area contributed by atoms with E-state index in [9.17, 15) is 27.2 Å². The van der Waals surface area contributed by atoms with Crippen LogP contribution >= 0.6 is 11.3 Å². The van der Waals surface area contributed by atoms with Crippen LogP contribution in [0.5, 0.6) is 6.01 Å². The van der Waals surface area contributed by atoms with Crippen molar-refractivity contribution in [2.75, 3.05) is 36.9 Å². The first-order chi connectivity index (χ1) is 21.9. The molecule has 0 bridgehead atoms. The third-order valence-corrected chi connectivity index (χ3v) is 10.4. The Kier molecular flexibility index (Phi) is 7.43. The summed E-state index contributed by atoms with van der Waals surface area (Å²) in [4.78, 5) is 16.6. The lowest BCUT2D eigenvalue weighted by Gasteiger charge is -2.37. The van der Waals surface area contributed by atoms with Crippen LogP contribution < -0.4 is 15.4 Å². The second kappa shape index (κ2) is 11.1. The van der Waals surface area contributed by atoms with Gasteiger partial charge in [0.05, 0.1) is 27.4 Å². The first-order valence-electron chi connectivity index (χ1n) is 15.0. The highest BCUT2D eigenvalue weighted by Crippen LogP contribution is 2.47. The lowest BCUT2D eigenvalue weighted by molar-refractivity contribution is -0.137. The van der Waals surface area contributed by atoms with Gasteiger partial charge in [-0.2, -0.15) is 28.4 Å². The normalized spacial score (nSPS) is 25.3. The van der Waals surface area contributed by atoms with E-state index >= 15 is 4.39 Å². The lowest BCUT2D eigenvalue weighted by atomic mass is 9.92. The Hall–Kier alpha value is -3.90. The number of hydrogen-bond acceptors (Lipinski definition) is 9. The minimum Gasteiger partial charge on any atom is -0.461 e. The van der Waals surface area contributed by atoms with Gasteiger partial charge in [-0.1, -0.05) is 11.3 Å². The fraction of sp³-hybridized carbons (Fsp3) is 0.484. The maximum atomic E-state index is 16.8. The zero-order valence-corrected chi connectivity index (χ0v) is 25.5. The molecule has 5 heterocycles. The summed E-state index contributed by atoms with van der Waals surface area (Å²) in [6.45, 7) is 3.13. The molecule has 2 aromatic heterocycles. The second-order valence-corrected chi connectivity index (χ2v) is 13.4. The minimum absolute atomic E-state index is 0.0240. The van der Waals surface area contributed by atoms with Crippen molar-refractivity contribution in [1.82, 2.24) is 19.9 Å². The fourth-order valence-corrected chi connectivity index (χ4v) is 8.17. The number of nitrogen functional groups attached to an aromatic ring is 1. The molecule has 4 aromatic rings. The van der Waals surface area contributed by atoms with Gasteiger partial charge in [0.2, 0.25) is 0 Å².